The largest absolute Gasteiger partial charge is 0.427 e. The van der Waals surface area contributed by atoms with Crippen LogP contribution in [0.25, 0.3) is 0 Å². The van der Waals surface area contributed by atoms with E-state index in [-0.39, 0.29) is 11.9 Å². The SMILES string of the molecule is CCC(=O)Oc1ccc(C(=O)Nc2ccc(C#N)cc2)cc1. The Balaban J connectivity index is 2.03. The molecule has 5 heteroatoms. The van der Waals surface area contributed by atoms with Gasteiger partial charge in [0.25, 0.3) is 5.91 Å². The molecule has 0 heterocycles. The van der Waals surface area contributed by atoms with Crippen molar-refractivity contribution in [1.82, 2.24) is 0 Å². The van der Waals surface area contributed by atoms with Crippen molar-refractivity contribution >= 4 is 17.6 Å². The predicted octanol–water partition coefficient (Wildman–Crippen LogP) is 3.13. The highest BCUT2D eigenvalue weighted by atomic mass is 16.5. The van der Waals surface area contributed by atoms with Crippen LogP contribution in [0.3, 0.4) is 0 Å². The first-order valence-electron chi connectivity index (χ1n) is 6.74. The van der Waals surface area contributed by atoms with E-state index in [2.05, 4.69) is 5.32 Å². The lowest BCUT2D eigenvalue weighted by Crippen LogP contribution is -2.12. The molecule has 1 amide bonds. The molecule has 5 nitrogen and oxygen atoms in total. The number of amides is 1. The van der Waals surface area contributed by atoms with Gasteiger partial charge in [-0.3, -0.25) is 9.59 Å². The summed E-state index contributed by atoms with van der Waals surface area (Å²) in [5.41, 5.74) is 1.58. The summed E-state index contributed by atoms with van der Waals surface area (Å²) in [7, 11) is 0. The van der Waals surface area contributed by atoms with Crippen molar-refractivity contribution in [3.05, 3.63) is 59.7 Å². The maximum atomic E-state index is 12.1. The minimum absolute atomic E-state index is 0.280. The molecule has 0 saturated heterocycles. The van der Waals surface area contributed by atoms with Gasteiger partial charge in [-0.15, -0.1) is 0 Å². The Bertz CT molecular complexity index is 713. The maximum absolute atomic E-state index is 12.1. The van der Waals surface area contributed by atoms with E-state index in [1.807, 2.05) is 6.07 Å². The van der Waals surface area contributed by atoms with Gasteiger partial charge in [-0.1, -0.05) is 6.92 Å². The van der Waals surface area contributed by atoms with E-state index >= 15 is 0 Å². The van der Waals surface area contributed by atoms with Crippen molar-refractivity contribution in [2.75, 3.05) is 5.32 Å². The first-order valence-corrected chi connectivity index (χ1v) is 6.74. The molecule has 0 radical (unpaired) electrons. The van der Waals surface area contributed by atoms with Crippen molar-refractivity contribution in [2.45, 2.75) is 13.3 Å². The number of hydrogen-bond donors (Lipinski definition) is 1. The van der Waals surface area contributed by atoms with Gasteiger partial charge in [-0.05, 0) is 48.5 Å². The van der Waals surface area contributed by atoms with E-state index in [0.29, 0.717) is 29.0 Å². The van der Waals surface area contributed by atoms with Crippen molar-refractivity contribution < 1.29 is 14.3 Å². The number of carbonyl (C=O) groups is 2. The molecule has 2 aromatic carbocycles. The third-order valence-electron chi connectivity index (χ3n) is 2.91. The summed E-state index contributed by atoms with van der Waals surface area (Å²) in [5, 5.41) is 11.4. The van der Waals surface area contributed by atoms with Crippen LogP contribution in [0.5, 0.6) is 5.75 Å². The van der Waals surface area contributed by atoms with Gasteiger partial charge in [0.2, 0.25) is 0 Å². The third kappa shape index (κ3) is 3.93. The predicted molar refractivity (Wildman–Crippen MR) is 81.5 cm³/mol. The molecule has 0 aliphatic rings. The molecule has 0 spiro atoms. The molecule has 110 valence electrons. The van der Waals surface area contributed by atoms with Crippen LogP contribution < -0.4 is 10.1 Å². The first kappa shape index (κ1) is 15.3. The molecule has 22 heavy (non-hydrogen) atoms. The molecule has 0 fully saturated rings. The van der Waals surface area contributed by atoms with E-state index in [9.17, 15) is 9.59 Å². The van der Waals surface area contributed by atoms with Gasteiger partial charge in [-0.25, -0.2) is 0 Å². The fraction of sp³-hybridized carbons (Fsp3) is 0.118. The zero-order chi connectivity index (χ0) is 15.9. The molecule has 1 N–H and O–H groups in total. The zero-order valence-corrected chi connectivity index (χ0v) is 12.0. The van der Waals surface area contributed by atoms with E-state index in [0.717, 1.165) is 0 Å². The summed E-state index contributed by atoms with van der Waals surface area (Å²) >= 11 is 0. The second-order valence-electron chi connectivity index (χ2n) is 4.50. The quantitative estimate of drug-likeness (QED) is 0.694. The van der Waals surface area contributed by atoms with Crippen molar-refractivity contribution in [3.63, 3.8) is 0 Å². The second kappa shape index (κ2) is 7.04. The van der Waals surface area contributed by atoms with E-state index < -0.39 is 0 Å². The van der Waals surface area contributed by atoms with Gasteiger partial charge in [0.1, 0.15) is 5.75 Å². The highest BCUT2D eigenvalue weighted by molar-refractivity contribution is 6.04. The second-order valence-corrected chi connectivity index (χ2v) is 4.50. The number of nitriles is 1. The van der Waals surface area contributed by atoms with Crippen molar-refractivity contribution in [1.29, 1.82) is 5.26 Å². The molecular weight excluding hydrogens is 280 g/mol. The normalized spacial score (nSPS) is 9.64. The summed E-state index contributed by atoms with van der Waals surface area (Å²) in [6, 6.07) is 14.9. The van der Waals surface area contributed by atoms with Crippen LogP contribution in [0.15, 0.2) is 48.5 Å². The number of benzene rings is 2. The Labute approximate surface area is 128 Å². The van der Waals surface area contributed by atoms with Gasteiger partial charge in [0.05, 0.1) is 11.6 Å². The number of esters is 1. The zero-order valence-electron chi connectivity index (χ0n) is 12.0. The maximum Gasteiger partial charge on any atom is 0.310 e. The van der Waals surface area contributed by atoms with Gasteiger partial charge in [-0.2, -0.15) is 5.26 Å². The van der Waals surface area contributed by atoms with Gasteiger partial charge in [0.15, 0.2) is 0 Å². The Hall–Kier alpha value is -3.13. The number of ether oxygens (including phenoxy) is 1. The van der Waals surface area contributed by atoms with Crippen LogP contribution in [-0.2, 0) is 4.79 Å². The summed E-state index contributed by atoms with van der Waals surface area (Å²) in [6.45, 7) is 1.71. The van der Waals surface area contributed by atoms with Gasteiger partial charge in [0, 0.05) is 17.7 Å². The average molecular weight is 294 g/mol. The molecule has 0 bridgehead atoms. The topological polar surface area (TPSA) is 79.2 Å². The third-order valence-corrected chi connectivity index (χ3v) is 2.91. The minimum Gasteiger partial charge on any atom is -0.427 e. The Morgan fingerprint density at radius 3 is 2.27 bits per heavy atom. The lowest BCUT2D eigenvalue weighted by molar-refractivity contribution is -0.134. The number of nitrogens with one attached hydrogen (secondary N) is 1. The van der Waals surface area contributed by atoms with Crippen LogP contribution >= 0.6 is 0 Å². The monoisotopic (exact) mass is 294 g/mol. The number of nitrogens with zero attached hydrogens (tertiary/aromatic N) is 1. The summed E-state index contributed by atoms with van der Waals surface area (Å²) in [5.74, 6) is -0.199. The molecular formula is C17H14N2O3. The smallest absolute Gasteiger partial charge is 0.310 e. The highest BCUT2D eigenvalue weighted by Gasteiger charge is 2.07. The van der Waals surface area contributed by atoms with Crippen LogP contribution in [0.2, 0.25) is 0 Å². The lowest BCUT2D eigenvalue weighted by atomic mass is 10.2. The fourth-order valence-corrected chi connectivity index (χ4v) is 1.71. The molecule has 0 aliphatic carbocycles. The van der Waals surface area contributed by atoms with E-state index in [4.69, 9.17) is 10.00 Å². The Kier molecular flexibility index (Phi) is 4.89. The standard InChI is InChI=1S/C17H14N2O3/c1-2-16(20)22-15-9-5-13(6-10-15)17(21)19-14-7-3-12(11-18)4-8-14/h3-10H,2H2,1H3,(H,19,21). The van der Waals surface area contributed by atoms with Crippen molar-refractivity contribution in [3.8, 4) is 11.8 Å². The van der Waals surface area contributed by atoms with Crippen LogP contribution in [0.1, 0.15) is 29.3 Å². The van der Waals surface area contributed by atoms with Crippen molar-refractivity contribution in [2.24, 2.45) is 0 Å². The Morgan fingerprint density at radius 2 is 1.73 bits per heavy atom. The summed E-state index contributed by atoms with van der Waals surface area (Å²) in [4.78, 5) is 23.2. The van der Waals surface area contributed by atoms with E-state index in [1.165, 1.54) is 0 Å². The first-order chi connectivity index (χ1) is 10.6. The molecule has 2 rings (SSSR count). The Morgan fingerprint density at radius 1 is 1.09 bits per heavy atom. The van der Waals surface area contributed by atoms with Gasteiger partial charge < -0.3 is 10.1 Å². The number of carbonyl (C=O) groups excluding carboxylic acids is 2. The highest BCUT2D eigenvalue weighted by Crippen LogP contribution is 2.15. The molecule has 0 aliphatic heterocycles. The molecule has 0 saturated carbocycles. The lowest BCUT2D eigenvalue weighted by Gasteiger charge is -2.06. The molecule has 0 atom stereocenters. The number of anilines is 1. The molecule has 2 aromatic rings. The average Bonchev–Trinajstić information content (AvgIpc) is 2.56. The van der Waals surface area contributed by atoms with Crippen LogP contribution in [0.4, 0.5) is 5.69 Å². The van der Waals surface area contributed by atoms with Gasteiger partial charge >= 0.3 is 5.97 Å². The minimum atomic E-state index is -0.324. The molecule has 0 unspecified atom stereocenters. The fourth-order valence-electron chi connectivity index (χ4n) is 1.71. The van der Waals surface area contributed by atoms with E-state index in [1.54, 1.807) is 55.5 Å². The van der Waals surface area contributed by atoms with Crippen LogP contribution in [-0.4, -0.2) is 11.9 Å². The summed E-state index contributed by atoms with van der Waals surface area (Å²) < 4.78 is 5.04. The summed E-state index contributed by atoms with van der Waals surface area (Å²) in [6.07, 6.45) is 0.293. The number of hydrogen-bond acceptors (Lipinski definition) is 4. The van der Waals surface area contributed by atoms with Crippen LogP contribution in [0, 0.1) is 11.3 Å². The number of rotatable bonds is 4. The molecule has 0 aromatic heterocycles.